The summed E-state index contributed by atoms with van der Waals surface area (Å²) in [5.74, 6) is -1.23. The van der Waals surface area contributed by atoms with Gasteiger partial charge in [0, 0.05) is 20.6 Å². The molecule has 0 saturated carbocycles. The molecule has 0 fully saturated rings. The zero-order valence-electron chi connectivity index (χ0n) is 14.5. The highest BCUT2D eigenvalue weighted by Crippen LogP contribution is 2.12. The van der Waals surface area contributed by atoms with Gasteiger partial charge in [-0.05, 0) is 16.7 Å². The Morgan fingerprint density at radius 2 is 1.68 bits per heavy atom. The molecule has 5 nitrogen and oxygen atoms in total. The highest BCUT2D eigenvalue weighted by atomic mass is 16.5. The average molecular weight is 341 g/mol. The van der Waals surface area contributed by atoms with Crippen molar-refractivity contribution in [3.8, 4) is 0 Å². The zero-order valence-corrected chi connectivity index (χ0v) is 14.5. The number of carbonyl (C=O) groups excluding carboxylic acids is 1. The van der Waals surface area contributed by atoms with Crippen molar-refractivity contribution in [1.29, 1.82) is 0 Å². The maximum Gasteiger partial charge on any atom is 0.326 e. The molecule has 0 bridgehead atoms. The number of carboxylic acids is 1. The number of aliphatic carboxylic acids is 1. The minimum atomic E-state index is -1.01. The third kappa shape index (κ3) is 5.43. The number of rotatable bonds is 8. The molecule has 0 aliphatic carbocycles. The number of benzene rings is 2. The highest BCUT2D eigenvalue weighted by Gasteiger charge is 2.26. The van der Waals surface area contributed by atoms with Gasteiger partial charge in [0.1, 0.15) is 6.04 Å². The second-order valence-electron chi connectivity index (χ2n) is 5.98. The van der Waals surface area contributed by atoms with Crippen LogP contribution in [0.15, 0.2) is 54.6 Å². The molecule has 0 heterocycles. The summed E-state index contributed by atoms with van der Waals surface area (Å²) in [6.45, 7) is 0.476. The van der Waals surface area contributed by atoms with E-state index in [0.717, 1.165) is 16.7 Å². The molecule has 0 saturated heterocycles. The molecular weight excluding hydrogens is 318 g/mol. The Morgan fingerprint density at radius 1 is 1.04 bits per heavy atom. The van der Waals surface area contributed by atoms with Crippen molar-refractivity contribution in [2.75, 3.05) is 14.2 Å². The minimum absolute atomic E-state index is 0.159. The predicted octanol–water partition coefficient (Wildman–Crippen LogP) is 2.53. The van der Waals surface area contributed by atoms with Gasteiger partial charge in [-0.15, -0.1) is 0 Å². The number of methoxy groups -OCH3 is 1. The van der Waals surface area contributed by atoms with E-state index in [1.54, 1.807) is 14.2 Å². The maximum absolute atomic E-state index is 12.5. The monoisotopic (exact) mass is 341 g/mol. The van der Waals surface area contributed by atoms with Crippen molar-refractivity contribution in [3.05, 3.63) is 71.3 Å². The summed E-state index contributed by atoms with van der Waals surface area (Å²) in [5.41, 5.74) is 2.71. The van der Waals surface area contributed by atoms with E-state index in [4.69, 9.17) is 4.74 Å². The minimum Gasteiger partial charge on any atom is -0.480 e. The molecular formula is C20H23NO4. The third-order valence-electron chi connectivity index (χ3n) is 4.08. The van der Waals surface area contributed by atoms with E-state index in [2.05, 4.69) is 0 Å². The van der Waals surface area contributed by atoms with E-state index >= 15 is 0 Å². The first-order valence-corrected chi connectivity index (χ1v) is 8.10. The van der Waals surface area contributed by atoms with Crippen LogP contribution in [-0.2, 0) is 33.8 Å². The first-order chi connectivity index (χ1) is 12.0. The number of likely N-dealkylation sites (N-methyl/N-ethyl adjacent to an activating group) is 1. The molecule has 1 amide bonds. The van der Waals surface area contributed by atoms with Crippen molar-refractivity contribution in [3.63, 3.8) is 0 Å². The van der Waals surface area contributed by atoms with E-state index in [-0.39, 0.29) is 18.7 Å². The quantitative estimate of drug-likeness (QED) is 0.801. The fraction of sp³-hybridized carbons (Fsp3) is 0.300. The summed E-state index contributed by atoms with van der Waals surface area (Å²) in [6, 6.07) is 16.0. The lowest BCUT2D eigenvalue weighted by Crippen LogP contribution is -2.44. The molecule has 2 rings (SSSR count). The van der Waals surface area contributed by atoms with Crippen LogP contribution in [-0.4, -0.2) is 42.1 Å². The number of amides is 1. The van der Waals surface area contributed by atoms with Crippen molar-refractivity contribution in [2.24, 2.45) is 0 Å². The van der Waals surface area contributed by atoms with Gasteiger partial charge in [-0.1, -0.05) is 54.6 Å². The average Bonchev–Trinajstić information content (AvgIpc) is 2.60. The number of carboxylic acid groups (broad SMARTS) is 1. The number of carbonyl (C=O) groups is 2. The van der Waals surface area contributed by atoms with E-state index in [1.165, 1.54) is 4.90 Å². The fourth-order valence-electron chi connectivity index (χ4n) is 2.70. The normalized spacial score (nSPS) is 11.8. The molecule has 0 aliphatic heterocycles. The lowest BCUT2D eigenvalue weighted by Gasteiger charge is -2.25. The summed E-state index contributed by atoms with van der Waals surface area (Å²) < 4.78 is 5.10. The van der Waals surface area contributed by atoms with Crippen molar-refractivity contribution >= 4 is 11.9 Å². The van der Waals surface area contributed by atoms with Gasteiger partial charge in [-0.25, -0.2) is 4.79 Å². The van der Waals surface area contributed by atoms with E-state index in [1.807, 2.05) is 54.6 Å². The van der Waals surface area contributed by atoms with Gasteiger partial charge in [0.25, 0.3) is 0 Å². The third-order valence-corrected chi connectivity index (χ3v) is 4.08. The number of ether oxygens (including phenoxy) is 1. The number of hydrogen-bond donors (Lipinski definition) is 1. The SMILES string of the molecule is COCc1cccc(CC(=O)N(C)C(Cc2ccccc2)C(=O)O)c1. The smallest absolute Gasteiger partial charge is 0.326 e. The van der Waals surface area contributed by atoms with Crippen molar-refractivity contribution in [1.82, 2.24) is 4.90 Å². The molecule has 5 heteroatoms. The van der Waals surface area contributed by atoms with Gasteiger partial charge in [-0.3, -0.25) is 4.79 Å². The van der Waals surface area contributed by atoms with Crippen molar-refractivity contribution < 1.29 is 19.4 Å². The number of nitrogens with zero attached hydrogens (tertiary/aromatic N) is 1. The molecule has 2 aromatic carbocycles. The van der Waals surface area contributed by atoms with Gasteiger partial charge in [0.15, 0.2) is 0 Å². The summed E-state index contributed by atoms with van der Waals surface area (Å²) in [5, 5.41) is 9.52. The lowest BCUT2D eigenvalue weighted by molar-refractivity contribution is -0.148. The summed E-state index contributed by atoms with van der Waals surface area (Å²) in [4.78, 5) is 25.5. The Kier molecular flexibility index (Phi) is 6.71. The van der Waals surface area contributed by atoms with Crippen LogP contribution in [0.25, 0.3) is 0 Å². The molecule has 132 valence electrons. The molecule has 1 N–H and O–H groups in total. The van der Waals surface area contributed by atoms with Gasteiger partial charge in [-0.2, -0.15) is 0 Å². The second kappa shape index (κ2) is 8.99. The fourth-order valence-corrected chi connectivity index (χ4v) is 2.70. The Hall–Kier alpha value is -2.66. The summed E-state index contributed by atoms with van der Waals surface area (Å²) in [7, 11) is 3.16. The van der Waals surface area contributed by atoms with Gasteiger partial charge < -0.3 is 14.7 Å². The first-order valence-electron chi connectivity index (χ1n) is 8.10. The largest absolute Gasteiger partial charge is 0.480 e. The van der Waals surface area contributed by atoms with Gasteiger partial charge in [0.05, 0.1) is 13.0 Å². The van der Waals surface area contributed by atoms with Crippen LogP contribution < -0.4 is 0 Å². The van der Waals surface area contributed by atoms with Crippen LogP contribution in [0.1, 0.15) is 16.7 Å². The maximum atomic E-state index is 12.5. The zero-order chi connectivity index (χ0) is 18.2. The number of hydrogen-bond acceptors (Lipinski definition) is 3. The molecule has 0 aliphatic rings. The first kappa shape index (κ1) is 18.7. The van der Waals surface area contributed by atoms with E-state index in [0.29, 0.717) is 6.61 Å². The molecule has 25 heavy (non-hydrogen) atoms. The van der Waals surface area contributed by atoms with Crippen LogP contribution in [0.3, 0.4) is 0 Å². The summed E-state index contributed by atoms with van der Waals surface area (Å²) >= 11 is 0. The van der Waals surface area contributed by atoms with Crippen LogP contribution in [0.4, 0.5) is 0 Å². The lowest BCUT2D eigenvalue weighted by atomic mass is 10.0. The van der Waals surface area contributed by atoms with Crippen LogP contribution in [0.5, 0.6) is 0 Å². The molecule has 1 atom stereocenters. The predicted molar refractivity (Wildman–Crippen MR) is 95.2 cm³/mol. The molecule has 0 aromatic heterocycles. The second-order valence-corrected chi connectivity index (χ2v) is 5.98. The molecule has 2 aromatic rings. The Balaban J connectivity index is 2.07. The summed E-state index contributed by atoms with van der Waals surface area (Å²) in [6.07, 6.45) is 0.439. The van der Waals surface area contributed by atoms with Crippen LogP contribution >= 0.6 is 0 Å². The van der Waals surface area contributed by atoms with E-state index in [9.17, 15) is 14.7 Å². The molecule has 0 spiro atoms. The Labute approximate surface area is 147 Å². The molecule has 0 radical (unpaired) electrons. The highest BCUT2D eigenvalue weighted by molar-refractivity contribution is 5.85. The van der Waals surface area contributed by atoms with Crippen molar-refractivity contribution in [2.45, 2.75) is 25.5 Å². The Bertz CT molecular complexity index is 715. The van der Waals surface area contributed by atoms with Crippen LogP contribution in [0.2, 0.25) is 0 Å². The molecule has 1 unspecified atom stereocenters. The topological polar surface area (TPSA) is 66.8 Å². The van der Waals surface area contributed by atoms with Gasteiger partial charge >= 0.3 is 5.97 Å². The van der Waals surface area contributed by atoms with E-state index < -0.39 is 12.0 Å². The standard InChI is InChI=1S/C20H23NO4/c1-21(18(20(23)24)12-15-7-4-3-5-8-15)19(22)13-16-9-6-10-17(11-16)14-25-2/h3-11,18H,12-14H2,1-2H3,(H,23,24). The Morgan fingerprint density at radius 3 is 2.32 bits per heavy atom. The van der Waals surface area contributed by atoms with Gasteiger partial charge in [0.2, 0.25) is 5.91 Å². The van der Waals surface area contributed by atoms with Crippen LogP contribution in [0, 0.1) is 0 Å².